The van der Waals surface area contributed by atoms with Gasteiger partial charge in [-0.25, -0.2) is 4.99 Å². The Morgan fingerprint density at radius 3 is 2.52 bits per heavy atom. The lowest BCUT2D eigenvalue weighted by Crippen LogP contribution is -2.39. The van der Waals surface area contributed by atoms with Gasteiger partial charge in [0.25, 0.3) is 5.69 Å². The number of para-hydroxylation sites is 2. The molecule has 0 aliphatic heterocycles. The van der Waals surface area contributed by atoms with Crippen LogP contribution in [0.2, 0.25) is 0 Å². The Morgan fingerprint density at radius 2 is 1.83 bits per heavy atom. The molecule has 0 aliphatic rings. The van der Waals surface area contributed by atoms with E-state index in [9.17, 15) is 10.1 Å². The van der Waals surface area contributed by atoms with Crippen molar-refractivity contribution in [2.24, 2.45) is 4.99 Å². The van der Waals surface area contributed by atoms with Gasteiger partial charge in [0, 0.05) is 25.7 Å². The lowest BCUT2D eigenvalue weighted by Gasteiger charge is -2.13. The molecule has 156 valence electrons. The van der Waals surface area contributed by atoms with E-state index in [4.69, 9.17) is 9.47 Å². The summed E-state index contributed by atoms with van der Waals surface area (Å²) in [5, 5.41) is 20.5. The van der Waals surface area contributed by atoms with Crippen LogP contribution in [0.4, 0.5) is 11.4 Å². The lowest BCUT2D eigenvalue weighted by molar-refractivity contribution is -0.384. The largest absolute Gasteiger partial charge is 0.493 e. The third-order valence-electron chi connectivity index (χ3n) is 4.05. The number of nitrogens with one attached hydrogen (secondary N) is 3. The summed E-state index contributed by atoms with van der Waals surface area (Å²) < 4.78 is 10.6. The molecule has 0 saturated carbocycles. The summed E-state index contributed by atoms with van der Waals surface area (Å²) >= 11 is 0. The van der Waals surface area contributed by atoms with Gasteiger partial charge in [-0.2, -0.15) is 0 Å². The van der Waals surface area contributed by atoms with E-state index >= 15 is 0 Å². The smallest absolute Gasteiger partial charge is 0.292 e. The van der Waals surface area contributed by atoms with Gasteiger partial charge >= 0.3 is 0 Å². The third-order valence-corrected chi connectivity index (χ3v) is 4.05. The molecule has 0 spiro atoms. The van der Waals surface area contributed by atoms with Crippen molar-refractivity contribution in [2.45, 2.75) is 13.5 Å². The fraction of sp³-hybridized carbons (Fsp3) is 0.350. The number of aliphatic imine (C=N–C) groups is 1. The molecule has 0 saturated heterocycles. The number of rotatable bonds is 10. The van der Waals surface area contributed by atoms with E-state index in [-0.39, 0.29) is 5.69 Å². The number of ether oxygens (including phenoxy) is 2. The van der Waals surface area contributed by atoms with Gasteiger partial charge in [0.2, 0.25) is 0 Å². The van der Waals surface area contributed by atoms with Crippen LogP contribution in [0.1, 0.15) is 12.5 Å². The van der Waals surface area contributed by atoms with Gasteiger partial charge < -0.3 is 25.4 Å². The Kier molecular flexibility index (Phi) is 8.55. The molecule has 29 heavy (non-hydrogen) atoms. The van der Waals surface area contributed by atoms with Crippen molar-refractivity contribution >= 4 is 17.3 Å². The first-order valence-corrected chi connectivity index (χ1v) is 9.29. The molecule has 0 radical (unpaired) electrons. The number of hydrogen-bond donors (Lipinski definition) is 3. The Labute approximate surface area is 170 Å². The van der Waals surface area contributed by atoms with Crippen molar-refractivity contribution in [1.29, 1.82) is 0 Å². The molecule has 2 aromatic rings. The van der Waals surface area contributed by atoms with Gasteiger partial charge in [-0.1, -0.05) is 18.2 Å². The minimum atomic E-state index is -0.398. The maximum Gasteiger partial charge on any atom is 0.292 e. The highest BCUT2D eigenvalue weighted by Crippen LogP contribution is 2.27. The minimum Gasteiger partial charge on any atom is -0.493 e. The van der Waals surface area contributed by atoms with Crippen LogP contribution in [0.15, 0.2) is 47.5 Å². The molecule has 0 unspecified atom stereocenters. The van der Waals surface area contributed by atoms with Gasteiger partial charge in [0.15, 0.2) is 17.5 Å². The van der Waals surface area contributed by atoms with Crippen molar-refractivity contribution in [3.8, 4) is 11.5 Å². The molecular formula is C20H27N5O4. The topological polar surface area (TPSA) is 110 Å². The number of methoxy groups -OCH3 is 2. The molecule has 0 atom stereocenters. The first-order chi connectivity index (χ1) is 14.1. The second-order valence-corrected chi connectivity index (χ2v) is 6.01. The molecular weight excluding hydrogens is 374 g/mol. The zero-order valence-corrected chi connectivity index (χ0v) is 16.9. The van der Waals surface area contributed by atoms with Crippen molar-refractivity contribution in [1.82, 2.24) is 10.6 Å². The highest BCUT2D eigenvalue weighted by atomic mass is 16.6. The first-order valence-electron chi connectivity index (χ1n) is 9.29. The maximum atomic E-state index is 11.1. The fourth-order valence-electron chi connectivity index (χ4n) is 2.65. The minimum absolute atomic E-state index is 0.0570. The van der Waals surface area contributed by atoms with E-state index in [1.54, 1.807) is 32.4 Å². The number of nitro groups is 1. The van der Waals surface area contributed by atoms with Crippen molar-refractivity contribution in [3.05, 3.63) is 58.1 Å². The number of anilines is 1. The zero-order valence-electron chi connectivity index (χ0n) is 16.9. The van der Waals surface area contributed by atoms with E-state index in [2.05, 4.69) is 20.9 Å². The van der Waals surface area contributed by atoms with Crippen LogP contribution in [0.3, 0.4) is 0 Å². The van der Waals surface area contributed by atoms with Crippen LogP contribution in [0.5, 0.6) is 11.5 Å². The van der Waals surface area contributed by atoms with Crippen LogP contribution in [-0.2, 0) is 6.54 Å². The molecule has 0 fully saturated rings. The normalized spacial score (nSPS) is 10.9. The number of nitrogens with zero attached hydrogens (tertiary/aromatic N) is 2. The third kappa shape index (κ3) is 6.56. The van der Waals surface area contributed by atoms with Gasteiger partial charge in [-0.3, -0.25) is 10.1 Å². The Bertz CT molecular complexity index is 841. The first kappa shape index (κ1) is 21.8. The quantitative estimate of drug-likeness (QED) is 0.185. The maximum absolute atomic E-state index is 11.1. The van der Waals surface area contributed by atoms with Gasteiger partial charge in [-0.15, -0.1) is 0 Å². The van der Waals surface area contributed by atoms with Crippen molar-refractivity contribution in [3.63, 3.8) is 0 Å². The molecule has 0 amide bonds. The standard InChI is InChI=1S/C20H27N5O4/c1-4-21-20(24-14-15-9-10-18(28-2)19(13-15)29-3)23-12-11-22-16-7-5-6-8-17(16)25(26)27/h5-10,13,22H,4,11-12,14H2,1-3H3,(H2,21,23,24). The molecule has 9 heteroatoms. The second-order valence-electron chi connectivity index (χ2n) is 6.01. The van der Waals surface area contributed by atoms with Gasteiger partial charge in [0.1, 0.15) is 5.69 Å². The number of guanidine groups is 1. The Hall–Kier alpha value is -3.49. The monoisotopic (exact) mass is 401 g/mol. The zero-order chi connectivity index (χ0) is 21.1. The fourth-order valence-corrected chi connectivity index (χ4v) is 2.65. The number of nitro benzene ring substituents is 1. The van der Waals surface area contributed by atoms with Crippen molar-refractivity contribution in [2.75, 3.05) is 39.2 Å². The van der Waals surface area contributed by atoms with Crippen LogP contribution >= 0.6 is 0 Å². The van der Waals surface area contributed by atoms with E-state index in [1.807, 2.05) is 25.1 Å². The molecule has 0 bridgehead atoms. The van der Waals surface area contributed by atoms with E-state index < -0.39 is 4.92 Å². The van der Waals surface area contributed by atoms with Crippen LogP contribution < -0.4 is 25.4 Å². The summed E-state index contributed by atoms with van der Waals surface area (Å²) in [6.45, 7) is 4.22. The average Bonchev–Trinajstić information content (AvgIpc) is 2.74. The molecule has 3 N–H and O–H groups in total. The van der Waals surface area contributed by atoms with Crippen molar-refractivity contribution < 1.29 is 14.4 Å². The summed E-state index contributed by atoms with van der Waals surface area (Å²) in [4.78, 5) is 15.2. The molecule has 0 aromatic heterocycles. The summed E-state index contributed by atoms with van der Waals surface area (Å²) in [5.74, 6) is 1.99. The SMILES string of the molecule is CCNC(=NCc1ccc(OC)c(OC)c1)NCCNc1ccccc1[N+](=O)[O-]. The van der Waals surface area contributed by atoms with Gasteiger partial charge in [0.05, 0.1) is 25.7 Å². The molecule has 0 aliphatic carbocycles. The Balaban J connectivity index is 1.92. The van der Waals surface area contributed by atoms with Gasteiger partial charge in [-0.05, 0) is 30.7 Å². The predicted molar refractivity (Wildman–Crippen MR) is 114 cm³/mol. The van der Waals surface area contributed by atoms with Crippen LogP contribution in [0.25, 0.3) is 0 Å². The predicted octanol–water partition coefficient (Wildman–Crippen LogP) is 2.78. The van der Waals surface area contributed by atoms with E-state index in [0.29, 0.717) is 42.8 Å². The average molecular weight is 401 g/mol. The molecule has 9 nitrogen and oxygen atoms in total. The van der Waals surface area contributed by atoms with E-state index in [1.165, 1.54) is 6.07 Å². The highest BCUT2D eigenvalue weighted by molar-refractivity contribution is 5.79. The Morgan fingerprint density at radius 1 is 1.07 bits per heavy atom. The highest BCUT2D eigenvalue weighted by Gasteiger charge is 2.11. The van der Waals surface area contributed by atoms with E-state index in [0.717, 1.165) is 12.1 Å². The second kappa shape index (κ2) is 11.4. The number of hydrogen-bond acceptors (Lipinski definition) is 6. The van der Waals surface area contributed by atoms with Crippen LogP contribution in [0, 0.1) is 10.1 Å². The summed E-state index contributed by atoms with van der Waals surface area (Å²) in [7, 11) is 3.20. The molecule has 2 rings (SSSR count). The van der Waals surface area contributed by atoms with Crippen LogP contribution in [-0.4, -0.2) is 44.7 Å². The summed E-state index contributed by atoms with van der Waals surface area (Å²) in [5.41, 5.74) is 1.53. The summed E-state index contributed by atoms with van der Waals surface area (Å²) in [6.07, 6.45) is 0. The molecule has 0 heterocycles. The lowest BCUT2D eigenvalue weighted by atomic mass is 10.2. The number of benzene rings is 2. The molecule has 2 aromatic carbocycles. The summed E-state index contributed by atoms with van der Waals surface area (Å²) in [6, 6.07) is 12.2.